The van der Waals surface area contributed by atoms with Crippen LogP contribution in [0.5, 0.6) is 0 Å². The molecular weight excluding hydrogens is 236 g/mol. The molecule has 0 saturated carbocycles. The van der Waals surface area contributed by atoms with Crippen LogP contribution in [0.15, 0.2) is 22.8 Å². The molecule has 0 bridgehead atoms. The fourth-order valence-corrected chi connectivity index (χ4v) is 1.93. The Morgan fingerprint density at radius 1 is 1.56 bits per heavy atom. The Bertz CT molecular complexity index is 416. The summed E-state index contributed by atoms with van der Waals surface area (Å²) >= 11 is 0. The average molecular weight is 252 g/mol. The van der Waals surface area contributed by atoms with E-state index in [-0.39, 0.29) is 18.2 Å². The molecule has 18 heavy (non-hydrogen) atoms. The third-order valence-electron chi connectivity index (χ3n) is 2.93. The van der Waals surface area contributed by atoms with Crippen LogP contribution in [-0.4, -0.2) is 56.0 Å². The van der Waals surface area contributed by atoms with Gasteiger partial charge in [-0.05, 0) is 12.1 Å². The lowest BCUT2D eigenvalue weighted by Gasteiger charge is -2.33. The summed E-state index contributed by atoms with van der Waals surface area (Å²) in [6.45, 7) is 1.56. The van der Waals surface area contributed by atoms with Crippen molar-refractivity contribution in [3.63, 3.8) is 0 Å². The Hall–Kier alpha value is -1.66. The normalized spacial score (nSPS) is 20.6. The van der Waals surface area contributed by atoms with Crippen molar-refractivity contribution in [2.75, 3.05) is 33.4 Å². The van der Waals surface area contributed by atoms with Gasteiger partial charge in [0.25, 0.3) is 0 Å². The lowest BCUT2D eigenvalue weighted by atomic mass is 10.2. The first-order valence-electron chi connectivity index (χ1n) is 5.82. The predicted octanol–water partition coefficient (Wildman–Crippen LogP) is -0.0909. The van der Waals surface area contributed by atoms with Crippen molar-refractivity contribution in [3.05, 3.63) is 24.2 Å². The van der Waals surface area contributed by atoms with Gasteiger partial charge in [-0.25, -0.2) is 0 Å². The van der Waals surface area contributed by atoms with E-state index in [2.05, 4.69) is 5.32 Å². The second kappa shape index (κ2) is 5.79. The molecule has 1 aromatic rings. The molecule has 2 heterocycles. The molecule has 1 aromatic heterocycles. The topological polar surface area (TPSA) is 71.8 Å². The Labute approximate surface area is 105 Å². The molecule has 1 fully saturated rings. The van der Waals surface area contributed by atoms with Crippen molar-refractivity contribution in [3.8, 4) is 0 Å². The van der Waals surface area contributed by atoms with E-state index in [1.807, 2.05) is 4.90 Å². The van der Waals surface area contributed by atoms with Crippen LogP contribution in [0.1, 0.15) is 10.6 Å². The molecule has 2 rings (SSSR count). The van der Waals surface area contributed by atoms with Gasteiger partial charge in [-0.15, -0.1) is 0 Å². The number of ether oxygens (including phenoxy) is 1. The Balaban J connectivity index is 2.01. The number of Topliss-reactive ketones (excluding diaryl/α,β-unsaturated/α-hetero) is 1. The second-order valence-corrected chi connectivity index (χ2v) is 4.08. The zero-order valence-corrected chi connectivity index (χ0v) is 10.2. The molecule has 1 aliphatic rings. The first kappa shape index (κ1) is 12.8. The predicted molar refractivity (Wildman–Crippen MR) is 63.3 cm³/mol. The minimum atomic E-state index is -0.414. The van der Waals surface area contributed by atoms with Crippen molar-refractivity contribution >= 4 is 11.7 Å². The van der Waals surface area contributed by atoms with Crippen LogP contribution in [-0.2, 0) is 9.53 Å². The average Bonchev–Trinajstić information content (AvgIpc) is 2.92. The minimum Gasteiger partial charge on any atom is -0.461 e. The standard InChI is InChI=1S/C12H16N2O4/c1-13-12(16)9-8-17-6-4-14(9)7-10(15)11-3-2-5-18-11/h2-3,5,9H,4,6-8H2,1H3,(H,13,16). The van der Waals surface area contributed by atoms with Crippen molar-refractivity contribution < 1.29 is 18.7 Å². The summed E-state index contributed by atoms with van der Waals surface area (Å²) in [5.41, 5.74) is 0. The van der Waals surface area contributed by atoms with E-state index in [0.29, 0.717) is 25.5 Å². The van der Waals surface area contributed by atoms with E-state index in [1.165, 1.54) is 6.26 Å². The molecule has 6 nitrogen and oxygen atoms in total. The largest absolute Gasteiger partial charge is 0.461 e. The highest BCUT2D eigenvalue weighted by molar-refractivity contribution is 5.95. The Morgan fingerprint density at radius 3 is 3.06 bits per heavy atom. The molecule has 0 radical (unpaired) electrons. The fourth-order valence-electron chi connectivity index (χ4n) is 1.93. The van der Waals surface area contributed by atoms with E-state index >= 15 is 0 Å². The number of hydrogen-bond acceptors (Lipinski definition) is 5. The molecule has 98 valence electrons. The summed E-state index contributed by atoms with van der Waals surface area (Å²) in [5, 5.41) is 2.58. The molecule has 1 saturated heterocycles. The summed E-state index contributed by atoms with van der Waals surface area (Å²) in [6, 6.07) is 2.88. The van der Waals surface area contributed by atoms with Gasteiger partial charge in [-0.2, -0.15) is 0 Å². The third kappa shape index (κ3) is 2.77. The fraction of sp³-hybridized carbons (Fsp3) is 0.500. The van der Waals surface area contributed by atoms with E-state index in [1.54, 1.807) is 19.2 Å². The summed E-state index contributed by atoms with van der Waals surface area (Å²) in [7, 11) is 1.57. The highest BCUT2D eigenvalue weighted by Gasteiger charge is 2.30. The maximum Gasteiger partial charge on any atom is 0.239 e. The van der Waals surface area contributed by atoms with E-state index in [0.717, 1.165) is 0 Å². The van der Waals surface area contributed by atoms with Crippen molar-refractivity contribution in [2.24, 2.45) is 0 Å². The smallest absolute Gasteiger partial charge is 0.239 e. The molecule has 1 aliphatic heterocycles. The van der Waals surface area contributed by atoms with Gasteiger partial charge in [-0.1, -0.05) is 0 Å². The Morgan fingerprint density at radius 2 is 2.39 bits per heavy atom. The number of rotatable bonds is 4. The van der Waals surface area contributed by atoms with Gasteiger partial charge in [0.15, 0.2) is 5.76 Å². The number of carbonyl (C=O) groups is 2. The van der Waals surface area contributed by atoms with E-state index in [9.17, 15) is 9.59 Å². The molecule has 1 N–H and O–H groups in total. The number of nitrogens with one attached hydrogen (secondary N) is 1. The van der Waals surface area contributed by atoms with Crippen LogP contribution in [0, 0.1) is 0 Å². The lowest BCUT2D eigenvalue weighted by Crippen LogP contribution is -2.54. The van der Waals surface area contributed by atoms with Gasteiger partial charge in [0, 0.05) is 13.6 Å². The second-order valence-electron chi connectivity index (χ2n) is 4.08. The molecule has 0 spiro atoms. The van der Waals surface area contributed by atoms with Crippen LogP contribution in [0.4, 0.5) is 0 Å². The third-order valence-corrected chi connectivity index (χ3v) is 2.93. The van der Waals surface area contributed by atoms with Crippen LogP contribution in [0.25, 0.3) is 0 Å². The quantitative estimate of drug-likeness (QED) is 0.758. The summed E-state index contributed by atoms with van der Waals surface area (Å²) < 4.78 is 10.3. The maximum absolute atomic E-state index is 11.9. The van der Waals surface area contributed by atoms with Crippen LogP contribution in [0.3, 0.4) is 0 Å². The number of morpholine rings is 1. The lowest BCUT2D eigenvalue weighted by molar-refractivity contribution is -0.131. The van der Waals surface area contributed by atoms with Gasteiger partial charge < -0.3 is 14.5 Å². The SMILES string of the molecule is CNC(=O)C1COCCN1CC(=O)c1ccco1. The number of furan rings is 1. The number of ketones is 1. The molecule has 1 atom stereocenters. The van der Waals surface area contributed by atoms with Crippen molar-refractivity contribution in [2.45, 2.75) is 6.04 Å². The molecule has 0 aliphatic carbocycles. The van der Waals surface area contributed by atoms with Gasteiger partial charge in [0.1, 0.15) is 6.04 Å². The maximum atomic E-state index is 11.9. The van der Waals surface area contributed by atoms with Crippen molar-refractivity contribution in [1.29, 1.82) is 0 Å². The van der Waals surface area contributed by atoms with Gasteiger partial charge in [-0.3, -0.25) is 14.5 Å². The van der Waals surface area contributed by atoms with Gasteiger partial charge in [0.05, 0.1) is 26.0 Å². The number of amides is 1. The number of likely N-dealkylation sites (N-methyl/N-ethyl adjacent to an activating group) is 1. The van der Waals surface area contributed by atoms with Gasteiger partial charge >= 0.3 is 0 Å². The minimum absolute atomic E-state index is 0.129. The zero-order chi connectivity index (χ0) is 13.0. The van der Waals surface area contributed by atoms with E-state index in [4.69, 9.17) is 9.15 Å². The van der Waals surface area contributed by atoms with Crippen molar-refractivity contribution in [1.82, 2.24) is 10.2 Å². The van der Waals surface area contributed by atoms with Crippen LogP contribution < -0.4 is 5.32 Å². The molecular formula is C12H16N2O4. The summed E-state index contributed by atoms with van der Waals surface area (Å²) in [5.74, 6) is 0.0508. The van der Waals surface area contributed by atoms with E-state index < -0.39 is 6.04 Å². The zero-order valence-electron chi connectivity index (χ0n) is 10.2. The Kier molecular flexibility index (Phi) is 4.11. The molecule has 1 amide bonds. The monoisotopic (exact) mass is 252 g/mol. The first-order valence-corrected chi connectivity index (χ1v) is 5.82. The summed E-state index contributed by atoms with van der Waals surface area (Å²) in [4.78, 5) is 25.4. The molecule has 6 heteroatoms. The number of carbonyl (C=O) groups excluding carboxylic acids is 2. The number of nitrogens with zero attached hydrogens (tertiary/aromatic N) is 1. The molecule has 0 aromatic carbocycles. The summed E-state index contributed by atoms with van der Waals surface area (Å²) in [6.07, 6.45) is 1.46. The van der Waals surface area contributed by atoms with Crippen LogP contribution in [0.2, 0.25) is 0 Å². The molecule has 1 unspecified atom stereocenters. The van der Waals surface area contributed by atoms with Crippen LogP contribution >= 0.6 is 0 Å². The number of hydrogen-bond donors (Lipinski definition) is 1. The first-order chi connectivity index (χ1) is 8.72. The van der Waals surface area contributed by atoms with Gasteiger partial charge in [0.2, 0.25) is 11.7 Å². The highest BCUT2D eigenvalue weighted by atomic mass is 16.5. The highest BCUT2D eigenvalue weighted by Crippen LogP contribution is 2.10.